The van der Waals surface area contributed by atoms with Crippen molar-refractivity contribution in [3.05, 3.63) is 51.7 Å². The molecule has 2 rings (SSSR count). The van der Waals surface area contributed by atoms with E-state index in [9.17, 15) is 9.59 Å². The van der Waals surface area contributed by atoms with Gasteiger partial charge in [-0.1, -0.05) is 0 Å². The van der Waals surface area contributed by atoms with E-state index in [1.807, 2.05) is 0 Å². The second-order valence-corrected chi connectivity index (χ2v) is 4.56. The number of hydrogen-bond donors (Lipinski definition) is 2. The summed E-state index contributed by atoms with van der Waals surface area (Å²) in [5, 5.41) is 3.85. The molecule has 1 amide bonds. The quantitative estimate of drug-likeness (QED) is 0.628. The molecule has 23 heavy (non-hydrogen) atoms. The Hall–Kier alpha value is -3.16. The fourth-order valence-electron chi connectivity index (χ4n) is 1.85. The molecule has 120 valence electrons. The number of carbonyl (C=O) groups excluding carboxylic acids is 1. The van der Waals surface area contributed by atoms with E-state index in [0.717, 1.165) is 0 Å². The first-order valence-electron chi connectivity index (χ1n) is 6.67. The van der Waals surface area contributed by atoms with E-state index in [0.29, 0.717) is 22.8 Å². The van der Waals surface area contributed by atoms with E-state index in [2.05, 4.69) is 20.5 Å². The minimum Gasteiger partial charge on any atom is -0.497 e. The average Bonchev–Trinajstić information content (AvgIpc) is 2.53. The van der Waals surface area contributed by atoms with Crippen molar-refractivity contribution in [2.24, 2.45) is 5.10 Å². The van der Waals surface area contributed by atoms with Crippen molar-refractivity contribution in [2.75, 3.05) is 14.2 Å². The molecule has 0 aliphatic rings. The lowest BCUT2D eigenvalue weighted by atomic mass is 10.2. The molecule has 8 heteroatoms. The van der Waals surface area contributed by atoms with Gasteiger partial charge in [-0.15, -0.1) is 0 Å². The Morgan fingerprint density at radius 2 is 2.09 bits per heavy atom. The fourth-order valence-corrected chi connectivity index (χ4v) is 1.85. The van der Waals surface area contributed by atoms with Crippen molar-refractivity contribution in [2.45, 2.75) is 6.92 Å². The van der Waals surface area contributed by atoms with Gasteiger partial charge in [0.1, 0.15) is 17.2 Å². The minimum absolute atomic E-state index is 0.0130. The number of aromatic nitrogens is 2. The van der Waals surface area contributed by atoms with Gasteiger partial charge in [-0.05, 0) is 31.2 Å². The van der Waals surface area contributed by atoms with Crippen LogP contribution in [0.15, 0.2) is 34.2 Å². The molecule has 1 heterocycles. The summed E-state index contributed by atoms with van der Waals surface area (Å²) < 4.78 is 10.3. The highest BCUT2D eigenvalue weighted by Crippen LogP contribution is 2.22. The lowest BCUT2D eigenvalue weighted by Crippen LogP contribution is -2.24. The van der Waals surface area contributed by atoms with Crippen LogP contribution in [0.2, 0.25) is 0 Å². The van der Waals surface area contributed by atoms with E-state index < -0.39 is 11.6 Å². The third-order valence-corrected chi connectivity index (χ3v) is 2.92. The van der Waals surface area contributed by atoms with Crippen LogP contribution in [0.1, 0.15) is 21.7 Å². The molecule has 0 atom stereocenters. The maximum Gasteiger partial charge on any atom is 0.345 e. The Labute approximate surface area is 132 Å². The van der Waals surface area contributed by atoms with Gasteiger partial charge in [0.2, 0.25) is 0 Å². The number of nitrogens with zero attached hydrogens (tertiary/aromatic N) is 2. The van der Waals surface area contributed by atoms with Crippen LogP contribution in [0.5, 0.6) is 11.5 Å². The molecule has 2 N–H and O–H groups in total. The first-order chi connectivity index (χ1) is 11.0. The van der Waals surface area contributed by atoms with Gasteiger partial charge in [0, 0.05) is 11.3 Å². The Balaban J connectivity index is 2.15. The topological polar surface area (TPSA) is 106 Å². The Bertz CT molecular complexity index is 798. The second-order valence-electron chi connectivity index (χ2n) is 4.56. The van der Waals surface area contributed by atoms with Crippen molar-refractivity contribution >= 4 is 12.1 Å². The van der Waals surface area contributed by atoms with Crippen LogP contribution in [-0.2, 0) is 0 Å². The highest BCUT2D eigenvalue weighted by molar-refractivity contribution is 5.93. The molecule has 0 aliphatic carbocycles. The van der Waals surface area contributed by atoms with Gasteiger partial charge in [-0.3, -0.25) is 4.79 Å². The number of carbonyl (C=O) groups is 1. The SMILES string of the molecule is COc1ccc(OC)c(/C=N/NC(=O)c2cc(C)[nH]c(=O)n2)c1. The van der Waals surface area contributed by atoms with Crippen molar-refractivity contribution in [1.29, 1.82) is 0 Å². The van der Waals surface area contributed by atoms with Crippen LogP contribution in [0.4, 0.5) is 0 Å². The summed E-state index contributed by atoms with van der Waals surface area (Å²) in [6.45, 7) is 1.66. The molecule has 0 bridgehead atoms. The monoisotopic (exact) mass is 316 g/mol. The van der Waals surface area contributed by atoms with Gasteiger partial charge in [0.25, 0.3) is 5.91 Å². The summed E-state index contributed by atoms with van der Waals surface area (Å²) in [6, 6.07) is 6.64. The van der Waals surface area contributed by atoms with Crippen LogP contribution in [0.3, 0.4) is 0 Å². The van der Waals surface area contributed by atoms with Gasteiger partial charge < -0.3 is 14.5 Å². The molecule has 0 unspecified atom stereocenters. The number of amides is 1. The molecule has 0 aliphatic heterocycles. The summed E-state index contributed by atoms with van der Waals surface area (Å²) in [7, 11) is 3.08. The Kier molecular flexibility index (Phi) is 5.08. The van der Waals surface area contributed by atoms with Crippen LogP contribution in [0, 0.1) is 6.92 Å². The zero-order valence-electron chi connectivity index (χ0n) is 12.9. The van der Waals surface area contributed by atoms with E-state index in [1.54, 1.807) is 32.2 Å². The highest BCUT2D eigenvalue weighted by Gasteiger charge is 2.08. The smallest absolute Gasteiger partial charge is 0.345 e. The van der Waals surface area contributed by atoms with Crippen LogP contribution < -0.4 is 20.6 Å². The lowest BCUT2D eigenvalue weighted by Gasteiger charge is -2.06. The van der Waals surface area contributed by atoms with E-state index in [4.69, 9.17) is 9.47 Å². The van der Waals surface area contributed by atoms with Crippen LogP contribution in [-0.4, -0.2) is 36.3 Å². The zero-order valence-corrected chi connectivity index (χ0v) is 12.9. The first kappa shape index (κ1) is 16.2. The molecule has 0 saturated carbocycles. The number of aryl methyl sites for hydroxylation is 1. The first-order valence-corrected chi connectivity index (χ1v) is 6.67. The van der Waals surface area contributed by atoms with Gasteiger partial charge in [-0.25, -0.2) is 10.2 Å². The number of benzene rings is 1. The van der Waals surface area contributed by atoms with Crippen molar-refractivity contribution < 1.29 is 14.3 Å². The average molecular weight is 316 g/mol. The summed E-state index contributed by atoms with van der Waals surface area (Å²) in [5.74, 6) is 0.622. The Morgan fingerprint density at radius 1 is 1.30 bits per heavy atom. The molecule has 2 aromatic rings. The third-order valence-electron chi connectivity index (χ3n) is 2.92. The molecule has 8 nitrogen and oxygen atoms in total. The second kappa shape index (κ2) is 7.21. The predicted molar refractivity (Wildman–Crippen MR) is 84.2 cm³/mol. The molecule has 0 saturated heterocycles. The van der Waals surface area contributed by atoms with E-state index in [1.165, 1.54) is 19.4 Å². The summed E-state index contributed by atoms with van der Waals surface area (Å²) in [5.41, 5.74) is 2.87. The molecule has 0 radical (unpaired) electrons. The number of nitrogens with one attached hydrogen (secondary N) is 2. The summed E-state index contributed by atoms with van der Waals surface area (Å²) >= 11 is 0. The highest BCUT2D eigenvalue weighted by atomic mass is 16.5. The number of ether oxygens (including phenoxy) is 2. The van der Waals surface area contributed by atoms with E-state index in [-0.39, 0.29) is 5.69 Å². The zero-order chi connectivity index (χ0) is 16.8. The molecular weight excluding hydrogens is 300 g/mol. The minimum atomic E-state index is -0.589. The Morgan fingerprint density at radius 3 is 2.74 bits per heavy atom. The van der Waals surface area contributed by atoms with Crippen molar-refractivity contribution in [1.82, 2.24) is 15.4 Å². The number of hydrogen-bond acceptors (Lipinski definition) is 6. The predicted octanol–water partition coefficient (Wildman–Crippen LogP) is 0.859. The van der Waals surface area contributed by atoms with Crippen LogP contribution >= 0.6 is 0 Å². The number of H-pyrrole nitrogens is 1. The van der Waals surface area contributed by atoms with Gasteiger partial charge in [0.05, 0.1) is 20.4 Å². The maximum absolute atomic E-state index is 11.9. The van der Waals surface area contributed by atoms with Crippen molar-refractivity contribution in [3.63, 3.8) is 0 Å². The lowest BCUT2D eigenvalue weighted by molar-refractivity contribution is 0.0949. The fraction of sp³-hybridized carbons (Fsp3) is 0.200. The largest absolute Gasteiger partial charge is 0.497 e. The van der Waals surface area contributed by atoms with Gasteiger partial charge in [0.15, 0.2) is 0 Å². The third kappa shape index (κ3) is 4.16. The normalized spacial score (nSPS) is 10.6. The van der Waals surface area contributed by atoms with Gasteiger partial charge in [-0.2, -0.15) is 10.1 Å². The summed E-state index contributed by atoms with van der Waals surface area (Å²) in [6.07, 6.45) is 1.42. The number of rotatable bonds is 5. The molecule has 1 aromatic heterocycles. The molecule has 0 spiro atoms. The van der Waals surface area contributed by atoms with Crippen LogP contribution in [0.25, 0.3) is 0 Å². The number of aromatic amines is 1. The molecule has 0 fully saturated rings. The van der Waals surface area contributed by atoms with Crippen molar-refractivity contribution in [3.8, 4) is 11.5 Å². The van der Waals surface area contributed by atoms with Gasteiger partial charge >= 0.3 is 5.69 Å². The summed E-state index contributed by atoms with van der Waals surface area (Å²) in [4.78, 5) is 29.2. The molecular formula is C15H16N4O4. The van der Waals surface area contributed by atoms with E-state index >= 15 is 0 Å². The maximum atomic E-state index is 11.9. The number of methoxy groups -OCH3 is 2. The standard InChI is InChI=1S/C15H16N4O4/c1-9-6-12(18-15(21)17-9)14(20)19-16-8-10-7-11(22-2)4-5-13(10)23-3/h4-8H,1-3H3,(H,19,20)(H,17,18,21)/b16-8+. The molecule has 1 aromatic carbocycles. The number of hydrazone groups is 1.